The van der Waals surface area contributed by atoms with Crippen LogP contribution in [0.15, 0.2) is 36.4 Å². The van der Waals surface area contributed by atoms with Crippen molar-refractivity contribution >= 4 is 17.5 Å². The fourth-order valence-electron chi connectivity index (χ4n) is 2.17. The van der Waals surface area contributed by atoms with E-state index in [1.54, 1.807) is 18.2 Å². The van der Waals surface area contributed by atoms with Gasteiger partial charge >= 0.3 is 6.61 Å². The van der Waals surface area contributed by atoms with Gasteiger partial charge in [0.2, 0.25) is 6.79 Å². The van der Waals surface area contributed by atoms with Crippen LogP contribution < -0.4 is 19.5 Å². The largest absolute Gasteiger partial charge is 0.454 e. The summed E-state index contributed by atoms with van der Waals surface area (Å²) in [5.41, 5.74) is 1.07. The van der Waals surface area contributed by atoms with E-state index in [0.717, 1.165) is 5.56 Å². The van der Waals surface area contributed by atoms with E-state index in [2.05, 4.69) is 10.1 Å². The maximum atomic E-state index is 12.2. The Morgan fingerprint density at radius 3 is 2.71 bits per heavy atom. The highest BCUT2D eigenvalue weighted by Crippen LogP contribution is 2.39. The summed E-state index contributed by atoms with van der Waals surface area (Å²) in [6.07, 6.45) is 0. The van der Waals surface area contributed by atoms with E-state index >= 15 is 0 Å². The van der Waals surface area contributed by atoms with Crippen molar-refractivity contribution in [3.05, 3.63) is 52.5 Å². The highest BCUT2D eigenvalue weighted by Gasteiger charge is 2.20. The van der Waals surface area contributed by atoms with E-state index in [1.807, 2.05) is 0 Å². The van der Waals surface area contributed by atoms with Crippen LogP contribution in [0.4, 0.5) is 8.78 Å². The summed E-state index contributed by atoms with van der Waals surface area (Å²) in [4.78, 5) is 12.2. The average molecular weight is 356 g/mol. The fraction of sp³-hybridized carbons (Fsp3) is 0.188. The molecule has 1 aliphatic rings. The van der Waals surface area contributed by atoms with E-state index in [1.165, 1.54) is 18.2 Å². The highest BCUT2D eigenvalue weighted by atomic mass is 35.5. The smallest absolute Gasteiger partial charge is 0.387 e. The number of fused-ring (bicyclic) bond motifs is 1. The van der Waals surface area contributed by atoms with Gasteiger partial charge in [0.1, 0.15) is 5.75 Å². The minimum absolute atomic E-state index is 0.0580. The molecule has 1 aliphatic heterocycles. The second-order valence-electron chi connectivity index (χ2n) is 4.90. The van der Waals surface area contributed by atoms with Crippen LogP contribution in [0.5, 0.6) is 17.2 Å². The summed E-state index contributed by atoms with van der Waals surface area (Å²) in [5.74, 6) is 0.551. The summed E-state index contributed by atoms with van der Waals surface area (Å²) >= 11 is 6.03. The third-order valence-electron chi connectivity index (χ3n) is 3.29. The molecule has 1 N–H and O–H groups in total. The molecule has 8 heteroatoms. The molecule has 0 fully saturated rings. The van der Waals surface area contributed by atoms with E-state index in [4.69, 9.17) is 21.1 Å². The van der Waals surface area contributed by atoms with Crippen LogP contribution in [0.3, 0.4) is 0 Å². The van der Waals surface area contributed by atoms with Crippen molar-refractivity contribution in [1.82, 2.24) is 5.32 Å². The number of hydrogen-bond donors (Lipinski definition) is 1. The Kier molecular flexibility index (Phi) is 4.71. The number of nitrogens with one attached hydrogen (secondary N) is 1. The van der Waals surface area contributed by atoms with Crippen LogP contribution >= 0.6 is 11.6 Å². The van der Waals surface area contributed by atoms with Crippen molar-refractivity contribution < 1.29 is 27.8 Å². The number of ether oxygens (including phenoxy) is 3. The van der Waals surface area contributed by atoms with Crippen molar-refractivity contribution in [1.29, 1.82) is 0 Å². The lowest BCUT2D eigenvalue weighted by atomic mass is 10.1. The lowest BCUT2D eigenvalue weighted by Gasteiger charge is -2.08. The molecular weight excluding hydrogens is 344 g/mol. The Morgan fingerprint density at radius 2 is 2.00 bits per heavy atom. The molecule has 0 atom stereocenters. The van der Waals surface area contributed by atoms with E-state index in [-0.39, 0.29) is 25.0 Å². The molecule has 2 aromatic carbocycles. The number of alkyl halides is 2. The Hall–Kier alpha value is -2.54. The van der Waals surface area contributed by atoms with Crippen molar-refractivity contribution in [2.75, 3.05) is 6.79 Å². The Morgan fingerprint density at radius 1 is 1.25 bits per heavy atom. The summed E-state index contributed by atoms with van der Waals surface area (Å²) in [7, 11) is 0. The van der Waals surface area contributed by atoms with Crippen molar-refractivity contribution in [2.45, 2.75) is 13.2 Å². The lowest BCUT2D eigenvalue weighted by molar-refractivity contribution is -0.0498. The van der Waals surface area contributed by atoms with Crippen LogP contribution in [0.1, 0.15) is 15.9 Å². The summed E-state index contributed by atoms with van der Waals surface area (Å²) in [5, 5.41) is 3.01. The molecule has 3 rings (SSSR count). The first-order valence-electron chi connectivity index (χ1n) is 6.94. The molecule has 0 spiro atoms. The third-order valence-corrected chi connectivity index (χ3v) is 3.57. The van der Waals surface area contributed by atoms with Gasteiger partial charge in [0, 0.05) is 12.1 Å². The zero-order valence-corrected chi connectivity index (χ0v) is 13.0. The average Bonchev–Trinajstić information content (AvgIpc) is 3.02. The van der Waals surface area contributed by atoms with Gasteiger partial charge in [-0.1, -0.05) is 23.7 Å². The first kappa shape index (κ1) is 16.3. The summed E-state index contributed by atoms with van der Waals surface area (Å²) < 4.78 is 38.8. The van der Waals surface area contributed by atoms with Gasteiger partial charge in [-0.15, -0.1) is 0 Å². The topological polar surface area (TPSA) is 56.8 Å². The van der Waals surface area contributed by atoms with Crippen molar-refractivity contribution in [3.8, 4) is 17.2 Å². The third kappa shape index (κ3) is 3.68. The number of amides is 1. The zero-order chi connectivity index (χ0) is 17.1. The molecule has 0 unspecified atom stereocenters. The SMILES string of the molecule is O=C(NCc1ccc(OC(F)F)cc1)c1cc(Cl)c2c(c1)OCO2. The second-order valence-corrected chi connectivity index (χ2v) is 5.30. The number of rotatable bonds is 5. The van der Waals surface area contributed by atoms with Gasteiger partial charge in [-0.05, 0) is 29.8 Å². The van der Waals surface area contributed by atoms with Crippen LogP contribution in [-0.2, 0) is 6.54 Å². The number of halogens is 3. The van der Waals surface area contributed by atoms with Gasteiger partial charge in [0.05, 0.1) is 5.02 Å². The Labute approximate surface area is 141 Å². The molecule has 0 aliphatic carbocycles. The second kappa shape index (κ2) is 6.92. The minimum atomic E-state index is -2.87. The molecule has 24 heavy (non-hydrogen) atoms. The number of benzene rings is 2. The minimum Gasteiger partial charge on any atom is -0.454 e. The standard InChI is InChI=1S/C16H12ClF2NO4/c17-12-5-10(6-13-14(12)23-8-22-13)15(21)20-7-9-1-3-11(4-2-9)24-16(18)19/h1-6,16H,7-8H2,(H,20,21). The number of carbonyl (C=O) groups excluding carboxylic acids is 1. The highest BCUT2D eigenvalue weighted by molar-refractivity contribution is 6.32. The number of hydrogen-bond acceptors (Lipinski definition) is 4. The van der Waals surface area contributed by atoms with Crippen LogP contribution in [0.2, 0.25) is 5.02 Å². The Balaban J connectivity index is 1.62. The van der Waals surface area contributed by atoms with E-state index < -0.39 is 6.61 Å². The van der Waals surface area contributed by atoms with Crippen molar-refractivity contribution in [3.63, 3.8) is 0 Å². The van der Waals surface area contributed by atoms with Crippen LogP contribution in [0, 0.1) is 0 Å². The molecule has 126 valence electrons. The Bertz CT molecular complexity index is 752. The predicted octanol–water partition coefficient (Wildman–Crippen LogP) is 3.60. The molecule has 5 nitrogen and oxygen atoms in total. The molecule has 0 bridgehead atoms. The van der Waals surface area contributed by atoms with Gasteiger partial charge in [-0.2, -0.15) is 8.78 Å². The van der Waals surface area contributed by atoms with Gasteiger partial charge in [0.25, 0.3) is 5.91 Å². The fourth-order valence-corrected chi connectivity index (χ4v) is 2.44. The lowest BCUT2D eigenvalue weighted by Crippen LogP contribution is -2.22. The van der Waals surface area contributed by atoms with Gasteiger partial charge < -0.3 is 19.5 Å². The predicted molar refractivity (Wildman–Crippen MR) is 81.8 cm³/mol. The molecule has 2 aromatic rings. The monoisotopic (exact) mass is 355 g/mol. The molecular formula is C16H12ClF2NO4. The maximum absolute atomic E-state index is 12.2. The van der Waals surface area contributed by atoms with Gasteiger partial charge in [0.15, 0.2) is 11.5 Å². The summed E-state index contributed by atoms with van der Waals surface area (Å²) in [6, 6.07) is 9.03. The first-order chi connectivity index (χ1) is 11.5. The molecule has 0 aromatic heterocycles. The molecule has 0 saturated heterocycles. The van der Waals surface area contributed by atoms with E-state index in [0.29, 0.717) is 22.1 Å². The normalized spacial score (nSPS) is 12.3. The maximum Gasteiger partial charge on any atom is 0.387 e. The van der Waals surface area contributed by atoms with Crippen LogP contribution in [-0.4, -0.2) is 19.3 Å². The van der Waals surface area contributed by atoms with E-state index in [9.17, 15) is 13.6 Å². The molecule has 1 amide bonds. The van der Waals surface area contributed by atoms with Gasteiger partial charge in [-0.3, -0.25) is 4.79 Å². The molecule has 1 heterocycles. The zero-order valence-electron chi connectivity index (χ0n) is 12.2. The summed E-state index contributed by atoms with van der Waals surface area (Å²) in [6.45, 7) is -2.58. The number of carbonyl (C=O) groups is 1. The molecule has 0 saturated carbocycles. The quantitative estimate of drug-likeness (QED) is 0.890. The van der Waals surface area contributed by atoms with Crippen molar-refractivity contribution in [2.24, 2.45) is 0 Å². The van der Waals surface area contributed by atoms with Crippen LogP contribution in [0.25, 0.3) is 0 Å². The molecule has 0 radical (unpaired) electrons. The van der Waals surface area contributed by atoms with Gasteiger partial charge in [-0.25, -0.2) is 0 Å². The first-order valence-corrected chi connectivity index (χ1v) is 7.32.